The average molecular weight is 377 g/mol. The van der Waals surface area contributed by atoms with E-state index in [0.29, 0.717) is 27.9 Å². The Morgan fingerprint density at radius 2 is 1.82 bits per heavy atom. The molecule has 0 aliphatic carbocycles. The summed E-state index contributed by atoms with van der Waals surface area (Å²) in [6.45, 7) is 3.81. The van der Waals surface area contributed by atoms with Crippen molar-refractivity contribution in [3.63, 3.8) is 0 Å². The number of nitrogens with one attached hydrogen (secondary N) is 3. The first kappa shape index (κ1) is 17.8. The van der Waals surface area contributed by atoms with E-state index in [1.54, 1.807) is 18.2 Å². The molecule has 28 heavy (non-hydrogen) atoms. The number of hydrogen-bond acceptors (Lipinski definition) is 4. The lowest BCUT2D eigenvalue weighted by Crippen LogP contribution is -2.16. The van der Waals surface area contributed by atoms with Gasteiger partial charge in [-0.05, 0) is 55.7 Å². The Balaban J connectivity index is 1.51. The van der Waals surface area contributed by atoms with Gasteiger partial charge in [-0.3, -0.25) is 4.79 Å². The van der Waals surface area contributed by atoms with Gasteiger partial charge in [-0.25, -0.2) is 9.59 Å². The largest absolute Gasteiger partial charge is 0.423 e. The molecule has 0 fully saturated rings. The molecule has 0 spiro atoms. The summed E-state index contributed by atoms with van der Waals surface area (Å²) in [4.78, 5) is 41.3. The van der Waals surface area contributed by atoms with E-state index in [9.17, 15) is 14.4 Å². The van der Waals surface area contributed by atoms with Crippen LogP contribution in [0.2, 0.25) is 0 Å². The van der Waals surface area contributed by atoms with Gasteiger partial charge in [-0.1, -0.05) is 12.1 Å². The Labute approximate surface area is 159 Å². The smallest absolute Gasteiger partial charge is 0.339 e. The van der Waals surface area contributed by atoms with Gasteiger partial charge in [0.1, 0.15) is 5.58 Å². The normalized spacial score (nSPS) is 11.2. The van der Waals surface area contributed by atoms with Gasteiger partial charge in [0.05, 0.1) is 11.0 Å². The summed E-state index contributed by atoms with van der Waals surface area (Å²) in [6, 6.07) is 10.8. The highest BCUT2D eigenvalue weighted by atomic mass is 16.4. The van der Waals surface area contributed by atoms with Crippen molar-refractivity contribution in [1.29, 1.82) is 0 Å². The summed E-state index contributed by atoms with van der Waals surface area (Å²) >= 11 is 0. The molecule has 1 amide bonds. The van der Waals surface area contributed by atoms with Gasteiger partial charge in [0.25, 0.3) is 0 Å². The van der Waals surface area contributed by atoms with Crippen molar-refractivity contribution in [2.24, 2.45) is 0 Å². The summed E-state index contributed by atoms with van der Waals surface area (Å²) < 4.78 is 5.43. The van der Waals surface area contributed by atoms with Gasteiger partial charge in [0, 0.05) is 23.1 Å². The standard InChI is InChI=1S/C21H19N3O4/c1-11-3-5-14-12(2)15(20(26)28-18(14)9-11)6-8-19(25)22-13-4-7-16-17(10-13)24-21(27)23-16/h3-5,7,9-10H,6,8H2,1-2H3,(H,22,25)(H2,23,24,27). The second-order valence-electron chi connectivity index (χ2n) is 6.88. The number of imidazole rings is 1. The van der Waals surface area contributed by atoms with Crippen LogP contribution < -0.4 is 16.6 Å². The van der Waals surface area contributed by atoms with Crippen LogP contribution in [0.4, 0.5) is 5.69 Å². The van der Waals surface area contributed by atoms with E-state index in [1.165, 1.54) is 0 Å². The molecular weight excluding hydrogens is 358 g/mol. The summed E-state index contributed by atoms with van der Waals surface area (Å²) in [5.74, 6) is -0.222. The first-order chi connectivity index (χ1) is 13.4. The van der Waals surface area contributed by atoms with Gasteiger partial charge in [-0.15, -0.1) is 0 Å². The summed E-state index contributed by atoms with van der Waals surface area (Å²) in [5.41, 5.74) is 4.08. The number of H-pyrrole nitrogens is 2. The van der Waals surface area contributed by atoms with Gasteiger partial charge in [-0.2, -0.15) is 0 Å². The first-order valence-electron chi connectivity index (χ1n) is 8.95. The predicted molar refractivity (Wildman–Crippen MR) is 108 cm³/mol. The second kappa shape index (κ2) is 6.84. The van der Waals surface area contributed by atoms with Gasteiger partial charge in [0.2, 0.25) is 5.91 Å². The Bertz CT molecular complexity index is 1330. The highest BCUT2D eigenvalue weighted by molar-refractivity contribution is 5.93. The molecule has 142 valence electrons. The van der Waals surface area contributed by atoms with Crippen molar-refractivity contribution in [3.05, 3.63) is 74.0 Å². The zero-order chi connectivity index (χ0) is 19.8. The Morgan fingerprint density at radius 1 is 1.04 bits per heavy atom. The van der Waals surface area contributed by atoms with Crippen LogP contribution in [-0.4, -0.2) is 15.9 Å². The molecule has 4 aromatic rings. The second-order valence-corrected chi connectivity index (χ2v) is 6.88. The number of amides is 1. The number of carbonyl (C=O) groups is 1. The Hall–Kier alpha value is -3.61. The van der Waals surface area contributed by atoms with E-state index < -0.39 is 5.63 Å². The molecule has 0 aliphatic heterocycles. The number of hydrogen-bond donors (Lipinski definition) is 3. The maximum absolute atomic E-state index is 12.3. The van der Waals surface area contributed by atoms with E-state index in [4.69, 9.17) is 4.42 Å². The Morgan fingerprint density at radius 3 is 2.64 bits per heavy atom. The fourth-order valence-electron chi connectivity index (χ4n) is 3.36. The molecule has 2 aromatic carbocycles. The number of rotatable bonds is 4. The van der Waals surface area contributed by atoms with Gasteiger partial charge in [0.15, 0.2) is 0 Å². The number of aromatic nitrogens is 2. The maximum Gasteiger partial charge on any atom is 0.339 e. The molecule has 0 aliphatic rings. The van der Waals surface area contributed by atoms with E-state index in [1.807, 2.05) is 32.0 Å². The first-order valence-corrected chi connectivity index (χ1v) is 8.95. The molecule has 7 heteroatoms. The highest BCUT2D eigenvalue weighted by Crippen LogP contribution is 2.21. The van der Waals surface area contributed by atoms with Crippen LogP contribution in [0.3, 0.4) is 0 Å². The quantitative estimate of drug-likeness (QED) is 0.475. The van der Waals surface area contributed by atoms with Crippen LogP contribution in [0.1, 0.15) is 23.1 Å². The SMILES string of the molecule is Cc1ccc2c(C)c(CCC(=O)Nc3ccc4[nH]c(=O)[nH]c4c3)c(=O)oc2c1. The van der Waals surface area contributed by atoms with Gasteiger partial charge >= 0.3 is 11.3 Å². The van der Waals surface area contributed by atoms with Crippen LogP contribution in [0.25, 0.3) is 22.0 Å². The zero-order valence-corrected chi connectivity index (χ0v) is 15.5. The molecular formula is C21H19N3O4. The fourth-order valence-corrected chi connectivity index (χ4v) is 3.36. The van der Waals surface area contributed by atoms with Crippen LogP contribution in [0.5, 0.6) is 0 Å². The number of anilines is 1. The topological polar surface area (TPSA) is 108 Å². The van der Waals surface area contributed by atoms with E-state index >= 15 is 0 Å². The van der Waals surface area contributed by atoms with Crippen molar-refractivity contribution in [3.8, 4) is 0 Å². The summed E-state index contributed by atoms with van der Waals surface area (Å²) in [6.07, 6.45) is 0.428. The molecule has 0 saturated carbocycles. The molecule has 0 bridgehead atoms. The number of fused-ring (bicyclic) bond motifs is 2. The molecule has 3 N–H and O–H groups in total. The molecule has 0 radical (unpaired) electrons. The van der Waals surface area contributed by atoms with E-state index in [2.05, 4.69) is 15.3 Å². The molecule has 4 rings (SSSR count). The van der Waals surface area contributed by atoms with Crippen molar-refractivity contribution in [1.82, 2.24) is 9.97 Å². The molecule has 0 unspecified atom stereocenters. The van der Waals surface area contributed by atoms with Crippen molar-refractivity contribution >= 4 is 33.6 Å². The van der Waals surface area contributed by atoms with Crippen LogP contribution in [0.15, 0.2) is 50.4 Å². The van der Waals surface area contributed by atoms with Crippen LogP contribution in [0, 0.1) is 13.8 Å². The van der Waals surface area contributed by atoms with Crippen molar-refractivity contribution in [2.75, 3.05) is 5.32 Å². The minimum Gasteiger partial charge on any atom is -0.423 e. The average Bonchev–Trinajstić information content (AvgIpc) is 3.00. The number of aromatic amines is 2. The van der Waals surface area contributed by atoms with Crippen LogP contribution in [-0.2, 0) is 11.2 Å². The molecule has 0 saturated heterocycles. The summed E-state index contributed by atoms with van der Waals surface area (Å²) in [7, 11) is 0. The minimum absolute atomic E-state index is 0.144. The monoisotopic (exact) mass is 377 g/mol. The molecule has 2 aromatic heterocycles. The number of aryl methyl sites for hydroxylation is 2. The maximum atomic E-state index is 12.3. The van der Waals surface area contributed by atoms with E-state index in [0.717, 1.165) is 16.5 Å². The third kappa shape index (κ3) is 3.34. The zero-order valence-electron chi connectivity index (χ0n) is 15.5. The fraction of sp³-hybridized carbons (Fsp3) is 0.190. The third-order valence-electron chi connectivity index (χ3n) is 4.84. The third-order valence-corrected chi connectivity index (χ3v) is 4.84. The lowest BCUT2D eigenvalue weighted by molar-refractivity contribution is -0.116. The van der Waals surface area contributed by atoms with Crippen molar-refractivity contribution in [2.45, 2.75) is 26.7 Å². The predicted octanol–water partition coefficient (Wildman–Crippen LogP) is 3.15. The highest BCUT2D eigenvalue weighted by Gasteiger charge is 2.13. The van der Waals surface area contributed by atoms with Crippen LogP contribution >= 0.6 is 0 Å². The lowest BCUT2D eigenvalue weighted by atomic mass is 10.0. The van der Waals surface area contributed by atoms with E-state index in [-0.39, 0.29) is 24.4 Å². The number of benzene rings is 2. The Kier molecular flexibility index (Phi) is 4.35. The minimum atomic E-state index is -0.408. The summed E-state index contributed by atoms with van der Waals surface area (Å²) in [5, 5.41) is 3.67. The molecule has 0 atom stereocenters. The van der Waals surface area contributed by atoms with Gasteiger partial charge < -0.3 is 19.7 Å². The lowest BCUT2D eigenvalue weighted by Gasteiger charge is -2.09. The number of carbonyl (C=O) groups excluding carboxylic acids is 1. The molecule has 2 heterocycles. The molecule has 7 nitrogen and oxygen atoms in total. The van der Waals surface area contributed by atoms with Crippen molar-refractivity contribution < 1.29 is 9.21 Å².